The summed E-state index contributed by atoms with van der Waals surface area (Å²) >= 11 is 1.57. The van der Waals surface area contributed by atoms with Crippen molar-refractivity contribution in [3.63, 3.8) is 0 Å². The van der Waals surface area contributed by atoms with Crippen molar-refractivity contribution in [1.82, 2.24) is 4.98 Å². The molecule has 0 saturated heterocycles. The summed E-state index contributed by atoms with van der Waals surface area (Å²) in [6, 6.07) is 18.4. The van der Waals surface area contributed by atoms with Crippen LogP contribution < -0.4 is 21.5 Å². The zero-order valence-electron chi connectivity index (χ0n) is 13.0. The first kappa shape index (κ1) is 16.5. The van der Waals surface area contributed by atoms with Crippen LogP contribution in [0.5, 0.6) is 0 Å². The van der Waals surface area contributed by atoms with Gasteiger partial charge in [0, 0.05) is 21.8 Å². The Hall–Kier alpha value is -2.31. The number of aromatic nitrogens is 2. The van der Waals surface area contributed by atoms with Crippen molar-refractivity contribution < 1.29 is 21.5 Å². The van der Waals surface area contributed by atoms with Crippen molar-refractivity contribution in [2.24, 2.45) is 17.3 Å². The van der Waals surface area contributed by atoms with Crippen LogP contribution in [0.1, 0.15) is 0 Å². The Morgan fingerprint density at radius 3 is 2.46 bits per heavy atom. The lowest BCUT2D eigenvalue weighted by Gasteiger charge is -1.97. The van der Waals surface area contributed by atoms with E-state index in [2.05, 4.69) is 39.5 Å². The number of thiazole rings is 1. The molecule has 4 rings (SSSR count). The van der Waals surface area contributed by atoms with E-state index in [0.717, 1.165) is 33.0 Å². The number of rotatable bonds is 3. The highest BCUT2D eigenvalue weighted by atomic mass is 79.9. The van der Waals surface area contributed by atoms with Crippen molar-refractivity contribution in [3.05, 3.63) is 66.2 Å². The number of hydrogen-bond acceptors (Lipinski definition) is 3. The smallest absolute Gasteiger partial charge is 0.408 e. The maximum Gasteiger partial charge on any atom is 0.408 e. The van der Waals surface area contributed by atoms with Crippen LogP contribution in [0.2, 0.25) is 0 Å². The van der Waals surface area contributed by atoms with Crippen molar-refractivity contribution >= 4 is 33.1 Å². The summed E-state index contributed by atoms with van der Waals surface area (Å²) in [5, 5.41) is 12.9. The number of H-pyrrole nitrogens is 1. The number of nitrogens with zero attached hydrogens (tertiary/aromatic N) is 3. The Balaban J connectivity index is 0.00000169. The standard InChI is InChI=1S/C18H14N4S.BrH/c1-22-11-12-23-18(22)21-20-17-14-9-5-6-10-15(14)19-16(17)13-7-3-2-4-8-13;/h2-12H,1H3;1H. The van der Waals surface area contributed by atoms with E-state index in [4.69, 9.17) is 0 Å². The molecule has 0 aliphatic heterocycles. The Morgan fingerprint density at radius 2 is 1.71 bits per heavy atom. The summed E-state index contributed by atoms with van der Waals surface area (Å²) in [5.74, 6) is 0. The van der Waals surface area contributed by atoms with E-state index in [1.165, 1.54) is 0 Å². The summed E-state index contributed by atoms with van der Waals surface area (Å²) in [5.41, 5.74) is 4.04. The van der Waals surface area contributed by atoms with E-state index < -0.39 is 0 Å². The molecule has 0 radical (unpaired) electrons. The molecule has 0 spiro atoms. The Morgan fingerprint density at radius 1 is 0.958 bits per heavy atom. The van der Waals surface area contributed by atoms with Crippen LogP contribution in [0.4, 0.5) is 10.8 Å². The molecule has 0 atom stereocenters. The van der Waals surface area contributed by atoms with Gasteiger partial charge >= 0.3 is 5.13 Å². The molecule has 2 aromatic heterocycles. The molecule has 0 fully saturated rings. The fraction of sp³-hybridized carbons (Fsp3) is 0.0556. The van der Waals surface area contributed by atoms with Gasteiger partial charge in [-0.1, -0.05) is 48.5 Å². The Labute approximate surface area is 154 Å². The number of halogens is 1. The van der Waals surface area contributed by atoms with Crippen LogP contribution in [-0.4, -0.2) is 4.98 Å². The highest BCUT2D eigenvalue weighted by Crippen LogP contribution is 2.37. The van der Waals surface area contributed by atoms with E-state index in [1.807, 2.05) is 53.5 Å². The topological polar surface area (TPSA) is 44.4 Å². The third-order valence-electron chi connectivity index (χ3n) is 3.74. The van der Waals surface area contributed by atoms with Gasteiger partial charge in [0.05, 0.1) is 17.9 Å². The molecule has 0 unspecified atom stereocenters. The summed E-state index contributed by atoms with van der Waals surface area (Å²) in [4.78, 5) is 3.47. The first-order valence-electron chi connectivity index (χ1n) is 7.34. The molecule has 2 heterocycles. The van der Waals surface area contributed by atoms with E-state index in [1.54, 1.807) is 11.3 Å². The van der Waals surface area contributed by atoms with Crippen LogP contribution in [0, 0.1) is 0 Å². The Kier molecular flexibility index (Phi) is 4.87. The van der Waals surface area contributed by atoms with Crippen molar-refractivity contribution in [1.29, 1.82) is 0 Å². The molecule has 4 aromatic rings. The quantitative estimate of drug-likeness (QED) is 0.405. The first-order valence-corrected chi connectivity index (χ1v) is 8.22. The molecule has 24 heavy (non-hydrogen) atoms. The lowest BCUT2D eigenvalue weighted by atomic mass is 10.1. The summed E-state index contributed by atoms with van der Waals surface area (Å²) < 4.78 is 1.96. The third-order valence-corrected chi connectivity index (χ3v) is 4.57. The lowest BCUT2D eigenvalue weighted by molar-refractivity contribution is -0.654. The number of aromatic amines is 1. The fourth-order valence-corrected chi connectivity index (χ4v) is 3.24. The maximum atomic E-state index is 4.56. The highest BCUT2D eigenvalue weighted by Gasteiger charge is 2.15. The third kappa shape index (κ3) is 3.02. The summed E-state index contributed by atoms with van der Waals surface area (Å²) in [6.45, 7) is 0. The molecular formula is C18H15BrN4S. The van der Waals surface area contributed by atoms with Crippen LogP contribution in [0.25, 0.3) is 22.2 Å². The van der Waals surface area contributed by atoms with E-state index in [9.17, 15) is 0 Å². The van der Waals surface area contributed by atoms with Gasteiger partial charge in [0.1, 0.15) is 11.9 Å². The minimum Gasteiger partial charge on any atom is -1.00 e. The van der Waals surface area contributed by atoms with Crippen LogP contribution in [0.3, 0.4) is 0 Å². The number of para-hydroxylation sites is 1. The first-order chi connectivity index (χ1) is 11.3. The highest BCUT2D eigenvalue weighted by molar-refractivity contribution is 7.12. The number of hydrogen-bond donors (Lipinski definition) is 1. The normalized spacial score (nSPS) is 11.0. The SMILES string of the molecule is C[n+]1ccsc1N=Nc1c(-c2ccccc2)[nH]c2ccccc12.[Br-]. The zero-order valence-corrected chi connectivity index (χ0v) is 15.4. The predicted octanol–water partition coefficient (Wildman–Crippen LogP) is 2.14. The second-order valence-electron chi connectivity index (χ2n) is 5.26. The molecule has 1 N–H and O–H groups in total. The molecular weight excluding hydrogens is 384 g/mol. The van der Waals surface area contributed by atoms with Crippen LogP contribution in [0.15, 0.2) is 76.4 Å². The average Bonchev–Trinajstić information content (AvgIpc) is 3.17. The van der Waals surface area contributed by atoms with Crippen molar-refractivity contribution in [3.8, 4) is 11.3 Å². The largest absolute Gasteiger partial charge is 1.00 e. The number of aryl methyl sites for hydroxylation is 1. The van der Waals surface area contributed by atoms with Gasteiger partial charge in [0.15, 0.2) is 0 Å². The monoisotopic (exact) mass is 398 g/mol. The lowest BCUT2D eigenvalue weighted by Crippen LogP contribution is -3.00. The number of benzene rings is 2. The van der Waals surface area contributed by atoms with Crippen molar-refractivity contribution in [2.75, 3.05) is 0 Å². The van der Waals surface area contributed by atoms with Gasteiger partial charge in [-0.15, -0.1) is 0 Å². The average molecular weight is 399 g/mol. The molecule has 0 saturated carbocycles. The number of azo groups is 1. The minimum absolute atomic E-state index is 0. The van der Waals surface area contributed by atoms with Gasteiger partial charge in [-0.25, -0.2) is 4.57 Å². The van der Waals surface area contributed by atoms with Gasteiger partial charge in [-0.05, 0) is 22.5 Å². The second kappa shape index (κ2) is 7.07. The molecule has 4 nitrogen and oxygen atoms in total. The van der Waals surface area contributed by atoms with Gasteiger partial charge in [-0.2, -0.15) is 0 Å². The van der Waals surface area contributed by atoms with Crippen LogP contribution >= 0.6 is 11.3 Å². The summed E-state index contributed by atoms with van der Waals surface area (Å²) in [6.07, 6.45) is 1.98. The molecule has 0 aliphatic rings. The second-order valence-corrected chi connectivity index (χ2v) is 6.13. The molecule has 0 bridgehead atoms. The van der Waals surface area contributed by atoms with E-state index in [0.29, 0.717) is 0 Å². The van der Waals surface area contributed by atoms with Gasteiger partial charge in [0.2, 0.25) is 0 Å². The number of fused-ring (bicyclic) bond motifs is 1. The predicted molar refractivity (Wildman–Crippen MR) is 93.4 cm³/mol. The molecule has 0 amide bonds. The maximum absolute atomic E-state index is 4.56. The molecule has 0 aliphatic carbocycles. The molecule has 6 heteroatoms. The van der Waals surface area contributed by atoms with E-state index in [-0.39, 0.29) is 17.0 Å². The minimum atomic E-state index is 0. The van der Waals surface area contributed by atoms with Gasteiger partial charge in [-0.3, -0.25) is 0 Å². The molecule has 120 valence electrons. The fourth-order valence-electron chi connectivity index (χ4n) is 2.56. The zero-order chi connectivity index (χ0) is 15.6. The Bertz CT molecular complexity index is 989. The number of nitrogens with one attached hydrogen (secondary N) is 1. The van der Waals surface area contributed by atoms with E-state index >= 15 is 0 Å². The molecule has 2 aromatic carbocycles. The summed E-state index contributed by atoms with van der Waals surface area (Å²) in [7, 11) is 1.97. The van der Waals surface area contributed by atoms with Crippen LogP contribution in [-0.2, 0) is 7.05 Å². The van der Waals surface area contributed by atoms with Crippen molar-refractivity contribution in [2.45, 2.75) is 0 Å². The van der Waals surface area contributed by atoms with Gasteiger partial charge < -0.3 is 22.0 Å². The van der Waals surface area contributed by atoms with Gasteiger partial charge in [0.25, 0.3) is 0 Å².